The number of nitrogens with two attached hydrogens (primary N) is 1. The van der Waals surface area contributed by atoms with Crippen LogP contribution in [0.1, 0.15) is 37.2 Å². The monoisotopic (exact) mass is 301 g/mol. The molecular weight excluding hydrogens is 282 g/mol. The fraction of sp³-hybridized carbons (Fsp3) is 0.467. The van der Waals surface area contributed by atoms with Crippen LogP contribution in [0, 0.1) is 0 Å². The second-order valence-corrected chi connectivity index (χ2v) is 5.42. The van der Waals surface area contributed by atoms with E-state index in [-0.39, 0.29) is 17.7 Å². The predicted octanol–water partition coefficient (Wildman–Crippen LogP) is 2.60. The van der Waals surface area contributed by atoms with Crippen LogP contribution in [0.4, 0.5) is 5.69 Å². The van der Waals surface area contributed by atoms with Gasteiger partial charge < -0.3 is 10.6 Å². The molecule has 0 bridgehead atoms. The Morgan fingerprint density at radius 1 is 1.50 bits per heavy atom. The molecule has 2 rings (SSSR count). The first-order valence-corrected chi connectivity index (χ1v) is 7.31. The third kappa shape index (κ3) is 4.23. The molecule has 1 aromatic rings. The van der Waals surface area contributed by atoms with Crippen LogP contribution in [0.3, 0.4) is 0 Å². The van der Waals surface area contributed by atoms with Crippen molar-refractivity contribution in [3.05, 3.63) is 40.3 Å². The SMILES string of the molecule is [N-]=[N+]=Nc1cccc(C2CCN(CCCC(N)=O)C(=O)C2)c1. The van der Waals surface area contributed by atoms with E-state index in [9.17, 15) is 9.59 Å². The van der Waals surface area contributed by atoms with Gasteiger partial charge in [-0.3, -0.25) is 9.59 Å². The molecule has 0 saturated carbocycles. The van der Waals surface area contributed by atoms with Crippen LogP contribution in [0.5, 0.6) is 0 Å². The first-order chi connectivity index (χ1) is 10.6. The molecule has 1 heterocycles. The smallest absolute Gasteiger partial charge is 0.223 e. The highest BCUT2D eigenvalue weighted by molar-refractivity contribution is 5.78. The van der Waals surface area contributed by atoms with E-state index in [1.165, 1.54) is 0 Å². The van der Waals surface area contributed by atoms with Crippen LogP contribution >= 0.6 is 0 Å². The van der Waals surface area contributed by atoms with Crippen LogP contribution in [0.15, 0.2) is 29.4 Å². The van der Waals surface area contributed by atoms with Gasteiger partial charge in [-0.2, -0.15) is 0 Å². The lowest BCUT2D eigenvalue weighted by Gasteiger charge is -2.32. The Balaban J connectivity index is 1.95. The molecule has 1 unspecified atom stereocenters. The van der Waals surface area contributed by atoms with Crippen molar-refractivity contribution >= 4 is 17.5 Å². The summed E-state index contributed by atoms with van der Waals surface area (Å²) in [6, 6.07) is 7.37. The van der Waals surface area contributed by atoms with E-state index >= 15 is 0 Å². The Bertz CT molecular complexity index is 610. The molecule has 1 aliphatic rings. The van der Waals surface area contributed by atoms with Crippen molar-refractivity contribution in [3.8, 4) is 0 Å². The summed E-state index contributed by atoms with van der Waals surface area (Å²) in [4.78, 5) is 27.5. The van der Waals surface area contributed by atoms with Crippen molar-refractivity contribution < 1.29 is 9.59 Å². The van der Waals surface area contributed by atoms with Gasteiger partial charge in [0.1, 0.15) is 0 Å². The quantitative estimate of drug-likeness (QED) is 0.494. The number of carbonyl (C=O) groups is 2. The molecule has 0 radical (unpaired) electrons. The molecule has 116 valence electrons. The number of amides is 2. The fourth-order valence-corrected chi connectivity index (χ4v) is 2.74. The molecule has 1 aromatic carbocycles. The van der Waals surface area contributed by atoms with Crippen LogP contribution in [0.25, 0.3) is 10.4 Å². The number of benzene rings is 1. The number of rotatable bonds is 6. The molecule has 7 nitrogen and oxygen atoms in total. The Morgan fingerprint density at radius 2 is 2.32 bits per heavy atom. The molecule has 1 atom stereocenters. The van der Waals surface area contributed by atoms with E-state index in [1.54, 1.807) is 11.0 Å². The van der Waals surface area contributed by atoms with Crippen molar-refractivity contribution in [3.63, 3.8) is 0 Å². The molecule has 0 aromatic heterocycles. The van der Waals surface area contributed by atoms with Gasteiger partial charge in [0.2, 0.25) is 11.8 Å². The van der Waals surface area contributed by atoms with Crippen LogP contribution in [-0.2, 0) is 9.59 Å². The van der Waals surface area contributed by atoms with Gasteiger partial charge in [0.15, 0.2) is 0 Å². The second-order valence-electron chi connectivity index (χ2n) is 5.42. The standard InChI is InChI=1S/C15H19N5O2/c16-14(21)5-2-7-20-8-6-12(10-15(20)22)11-3-1-4-13(9-11)18-19-17/h1,3-4,9,12H,2,5-8,10H2,(H2,16,21). The summed E-state index contributed by atoms with van der Waals surface area (Å²) in [7, 11) is 0. The second kappa shape index (κ2) is 7.47. The lowest BCUT2D eigenvalue weighted by molar-refractivity contribution is -0.134. The minimum absolute atomic E-state index is 0.0925. The van der Waals surface area contributed by atoms with Gasteiger partial charge >= 0.3 is 0 Å². The molecule has 0 spiro atoms. The van der Waals surface area contributed by atoms with Crippen molar-refractivity contribution in [1.82, 2.24) is 4.90 Å². The van der Waals surface area contributed by atoms with Crippen LogP contribution in [0.2, 0.25) is 0 Å². The number of primary amides is 1. The third-order valence-corrected chi connectivity index (χ3v) is 3.87. The van der Waals surface area contributed by atoms with Crippen molar-refractivity contribution in [2.45, 2.75) is 31.6 Å². The van der Waals surface area contributed by atoms with Crippen LogP contribution in [-0.4, -0.2) is 29.8 Å². The Morgan fingerprint density at radius 3 is 3.00 bits per heavy atom. The molecular formula is C15H19N5O2. The molecule has 2 amide bonds. The molecule has 1 saturated heterocycles. The van der Waals surface area contributed by atoms with Gasteiger partial charge in [-0.15, -0.1) is 0 Å². The summed E-state index contributed by atoms with van der Waals surface area (Å²) < 4.78 is 0. The molecule has 0 aliphatic carbocycles. The van der Waals surface area contributed by atoms with Crippen LogP contribution < -0.4 is 5.73 Å². The molecule has 1 fully saturated rings. The highest BCUT2D eigenvalue weighted by Crippen LogP contribution is 2.30. The number of carbonyl (C=O) groups excluding carboxylic acids is 2. The number of hydrogen-bond donors (Lipinski definition) is 1. The third-order valence-electron chi connectivity index (χ3n) is 3.87. The molecule has 22 heavy (non-hydrogen) atoms. The van der Waals surface area contributed by atoms with Gasteiger partial charge in [0.25, 0.3) is 0 Å². The lowest BCUT2D eigenvalue weighted by Crippen LogP contribution is -2.39. The summed E-state index contributed by atoms with van der Waals surface area (Å²) >= 11 is 0. The van der Waals surface area contributed by atoms with E-state index in [2.05, 4.69) is 10.0 Å². The normalized spacial score (nSPS) is 17.9. The average molecular weight is 301 g/mol. The highest BCUT2D eigenvalue weighted by atomic mass is 16.2. The number of nitrogens with zero attached hydrogens (tertiary/aromatic N) is 4. The molecule has 1 aliphatic heterocycles. The topological polar surface area (TPSA) is 112 Å². The van der Waals surface area contributed by atoms with Gasteiger partial charge in [0.05, 0.1) is 0 Å². The van der Waals surface area contributed by atoms with E-state index in [0.717, 1.165) is 12.0 Å². The van der Waals surface area contributed by atoms with E-state index < -0.39 is 0 Å². The van der Waals surface area contributed by atoms with E-state index in [4.69, 9.17) is 11.3 Å². The maximum atomic E-state index is 12.2. The van der Waals surface area contributed by atoms with Crippen molar-refractivity contribution in [2.24, 2.45) is 10.8 Å². The van der Waals surface area contributed by atoms with Crippen molar-refractivity contribution in [1.29, 1.82) is 0 Å². The summed E-state index contributed by atoms with van der Waals surface area (Å²) in [6.07, 6.45) is 2.22. The lowest BCUT2D eigenvalue weighted by atomic mass is 9.88. The summed E-state index contributed by atoms with van der Waals surface area (Å²) in [5.74, 6) is -0.0964. The summed E-state index contributed by atoms with van der Waals surface area (Å²) in [6.45, 7) is 1.25. The fourth-order valence-electron chi connectivity index (χ4n) is 2.74. The van der Waals surface area contributed by atoms with E-state index in [0.29, 0.717) is 38.0 Å². The first kappa shape index (κ1) is 15.9. The minimum Gasteiger partial charge on any atom is -0.370 e. The molecule has 7 heteroatoms. The van der Waals surface area contributed by atoms with Gasteiger partial charge in [-0.1, -0.05) is 23.3 Å². The number of piperidine rings is 1. The zero-order valence-corrected chi connectivity index (χ0v) is 12.3. The Hall–Kier alpha value is -2.53. The molecule has 2 N–H and O–H groups in total. The van der Waals surface area contributed by atoms with Crippen molar-refractivity contribution in [2.75, 3.05) is 13.1 Å². The van der Waals surface area contributed by atoms with Gasteiger partial charge in [-0.05, 0) is 35.9 Å². The van der Waals surface area contributed by atoms with Gasteiger partial charge in [-0.25, -0.2) is 0 Å². The Labute approximate surface area is 128 Å². The number of azide groups is 1. The van der Waals surface area contributed by atoms with Gasteiger partial charge in [0, 0.05) is 36.5 Å². The highest BCUT2D eigenvalue weighted by Gasteiger charge is 2.26. The zero-order valence-electron chi connectivity index (χ0n) is 12.3. The predicted molar refractivity (Wildman–Crippen MR) is 82.2 cm³/mol. The largest absolute Gasteiger partial charge is 0.370 e. The number of likely N-dealkylation sites (tertiary alicyclic amines) is 1. The minimum atomic E-state index is -0.336. The first-order valence-electron chi connectivity index (χ1n) is 7.31. The number of hydrogen-bond acceptors (Lipinski definition) is 3. The summed E-state index contributed by atoms with van der Waals surface area (Å²) in [5.41, 5.74) is 15.2. The maximum absolute atomic E-state index is 12.2. The van der Waals surface area contributed by atoms with E-state index in [1.807, 2.05) is 18.2 Å². The Kier molecular flexibility index (Phi) is 5.38. The average Bonchev–Trinajstić information content (AvgIpc) is 2.49. The maximum Gasteiger partial charge on any atom is 0.223 e. The zero-order chi connectivity index (χ0) is 15.9. The summed E-state index contributed by atoms with van der Waals surface area (Å²) in [5, 5.41) is 3.59.